The summed E-state index contributed by atoms with van der Waals surface area (Å²) in [5.74, 6) is 0. The minimum atomic E-state index is 0.168. The van der Waals surface area contributed by atoms with Crippen LogP contribution >= 0.6 is 31.9 Å². The summed E-state index contributed by atoms with van der Waals surface area (Å²) in [6, 6.07) is 0. The third-order valence-electron chi connectivity index (χ3n) is 2.52. The van der Waals surface area contributed by atoms with Gasteiger partial charge in [0.05, 0.1) is 0 Å². The molecule has 0 aliphatic heterocycles. The van der Waals surface area contributed by atoms with Gasteiger partial charge in [0.1, 0.15) is 0 Å². The summed E-state index contributed by atoms with van der Waals surface area (Å²) in [6.45, 7) is 2.26. The highest BCUT2D eigenvalue weighted by atomic mass is 79.9. The van der Waals surface area contributed by atoms with E-state index in [-0.39, 0.29) is 5.41 Å². The van der Waals surface area contributed by atoms with E-state index in [4.69, 9.17) is 0 Å². The maximum absolute atomic E-state index is 3.55. The Bertz CT molecular complexity index is 358. The van der Waals surface area contributed by atoms with E-state index in [0.717, 1.165) is 6.42 Å². The molecule has 0 heterocycles. The first kappa shape index (κ1) is 9.47. The molecule has 0 amide bonds. The third-order valence-corrected chi connectivity index (χ3v) is 3.56. The molecule has 68 valence electrons. The summed E-state index contributed by atoms with van der Waals surface area (Å²) >= 11 is 7.07. The van der Waals surface area contributed by atoms with Crippen molar-refractivity contribution >= 4 is 31.9 Å². The molecular formula is C11H10Br2. The summed E-state index contributed by atoms with van der Waals surface area (Å²) < 4.78 is 2.44. The minimum absolute atomic E-state index is 0.168. The molecule has 2 heteroatoms. The van der Waals surface area contributed by atoms with Gasteiger partial charge in [-0.05, 0) is 22.6 Å². The van der Waals surface area contributed by atoms with E-state index in [1.54, 1.807) is 0 Å². The number of allylic oxidation sites excluding steroid dienone is 8. The second-order valence-corrected chi connectivity index (χ2v) is 5.63. The first-order chi connectivity index (χ1) is 6.10. The number of hydrogen-bond acceptors (Lipinski definition) is 0. The Morgan fingerprint density at radius 2 is 2.00 bits per heavy atom. The molecule has 13 heavy (non-hydrogen) atoms. The van der Waals surface area contributed by atoms with Crippen LogP contribution in [0.25, 0.3) is 0 Å². The van der Waals surface area contributed by atoms with Crippen LogP contribution in [-0.2, 0) is 0 Å². The Morgan fingerprint density at radius 3 is 2.77 bits per heavy atom. The minimum Gasteiger partial charge on any atom is -0.0596 e. The fraction of sp³-hybridized carbons (Fsp3) is 0.273. The molecular weight excluding hydrogens is 292 g/mol. The molecule has 2 aliphatic rings. The Kier molecular flexibility index (Phi) is 2.37. The second kappa shape index (κ2) is 3.25. The first-order valence-corrected chi connectivity index (χ1v) is 5.82. The van der Waals surface area contributed by atoms with Crippen LogP contribution in [0.4, 0.5) is 0 Å². The zero-order valence-electron chi connectivity index (χ0n) is 7.35. The number of halogens is 2. The van der Waals surface area contributed by atoms with Crippen LogP contribution in [0.5, 0.6) is 0 Å². The lowest BCUT2D eigenvalue weighted by Gasteiger charge is -2.32. The predicted octanol–water partition coefficient (Wildman–Crippen LogP) is 4.45. The maximum atomic E-state index is 3.55. The van der Waals surface area contributed by atoms with Gasteiger partial charge in [0.2, 0.25) is 0 Å². The molecule has 0 aromatic carbocycles. The fourth-order valence-electron chi connectivity index (χ4n) is 1.78. The average Bonchev–Trinajstić information content (AvgIpc) is 2.01. The smallest absolute Gasteiger partial charge is 0.0163 e. The number of hydrogen-bond donors (Lipinski definition) is 0. The SMILES string of the molecule is C[C@]12C=C(Br)C=CC1=CC=C(Br)C2. The summed E-state index contributed by atoms with van der Waals surface area (Å²) in [5.41, 5.74) is 1.56. The zero-order valence-corrected chi connectivity index (χ0v) is 10.5. The normalized spacial score (nSPS) is 31.8. The van der Waals surface area contributed by atoms with Gasteiger partial charge in [0, 0.05) is 9.90 Å². The van der Waals surface area contributed by atoms with E-state index in [0.29, 0.717) is 0 Å². The topological polar surface area (TPSA) is 0 Å². The first-order valence-electron chi connectivity index (χ1n) is 4.23. The molecule has 0 spiro atoms. The lowest BCUT2D eigenvalue weighted by atomic mass is 9.74. The van der Waals surface area contributed by atoms with Crippen LogP contribution in [-0.4, -0.2) is 0 Å². The van der Waals surface area contributed by atoms with Gasteiger partial charge in [-0.3, -0.25) is 0 Å². The highest BCUT2D eigenvalue weighted by Gasteiger charge is 2.29. The third kappa shape index (κ3) is 1.75. The highest BCUT2D eigenvalue weighted by Crippen LogP contribution is 2.44. The molecule has 2 aliphatic carbocycles. The molecule has 0 unspecified atom stereocenters. The van der Waals surface area contributed by atoms with Crippen molar-refractivity contribution in [2.24, 2.45) is 5.41 Å². The van der Waals surface area contributed by atoms with E-state index in [1.807, 2.05) is 0 Å². The van der Waals surface area contributed by atoms with Gasteiger partial charge >= 0.3 is 0 Å². The summed E-state index contributed by atoms with van der Waals surface area (Å²) in [6.07, 6.45) is 11.9. The van der Waals surface area contributed by atoms with Crippen LogP contribution in [0, 0.1) is 5.41 Å². The molecule has 0 bridgehead atoms. The summed E-state index contributed by atoms with van der Waals surface area (Å²) in [4.78, 5) is 0. The largest absolute Gasteiger partial charge is 0.0596 e. The molecule has 0 aromatic rings. The Morgan fingerprint density at radius 1 is 1.23 bits per heavy atom. The Hall–Kier alpha value is -0.0800. The van der Waals surface area contributed by atoms with E-state index >= 15 is 0 Å². The van der Waals surface area contributed by atoms with Gasteiger partial charge in [0.15, 0.2) is 0 Å². The van der Waals surface area contributed by atoms with Crippen molar-refractivity contribution in [2.75, 3.05) is 0 Å². The standard InChI is InChI=1S/C11H10Br2/c1-11-6-9(12)4-2-8(11)3-5-10(13)7-11/h2-6H,7H2,1H3/t11-/m1/s1. The Labute approximate surface area is 95.4 Å². The lowest BCUT2D eigenvalue weighted by molar-refractivity contribution is 0.522. The van der Waals surface area contributed by atoms with Crippen LogP contribution in [0.2, 0.25) is 0 Å². The van der Waals surface area contributed by atoms with Gasteiger partial charge in [0.25, 0.3) is 0 Å². The van der Waals surface area contributed by atoms with Crippen molar-refractivity contribution in [1.29, 1.82) is 0 Å². The molecule has 0 fully saturated rings. The van der Waals surface area contributed by atoms with Crippen LogP contribution in [0.3, 0.4) is 0 Å². The summed E-state index contributed by atoms with van der Waals surface area (Å²) in [5, 5.41) is 0. The van der Waals surface area contributed by atoms with Crippen molar-refractivity contribution in [1.82, 2.24) is 0 Å². The predicted molar refractivity (Wildman–Crippen MR) is 64.0 cm³/mol. The molecule has 0 saturated carbocycles. The maximum Gasteiger partial charge on any atom is 0.0163 e. The van der Waals surface area contributed by atoms with E-state index in [1.165, 1.54) is 14.5 Å². The quantitative estimate of drug-likeness (QED) is 0.620. The van der Waals surface area contributed by atoms with Gasteiger partial charge in [-0.15, -0.1) is 0 Å². The fourth-order valence-corrected chi connectivity index (χ4v) is 3.14. The lowest BCUT2D eigenvalue weighted by Crippen LogP contribution is -2.19. The Balaban J connectivity index is 2.46. The van der Waals surface area contributed by atoms with Crippen molar-refractivity contribution in [3.05, 3.63) is 44.9 Å². The van der Waals surface area contributed by atoms with Crippen molar-refractivity contribution < 1.29 is 0 Å². The van der Waals surface area contributed by atoms with Gasteiger partial charge in [-0.2, -0.15) is 0 Å². The average molecular weight is 302 g/mol. The molecule has 0 radical (unpaired) electrons. The highest BCUT2D eigenvalue weighted by molar-refractivity contribution is 9.12. The molecule has 0 N–H and O–H groups in total. The second-order valence-electron chi connectivity index (χ2n) is 3.69. The summed E-state index contributed by atoms with van der Waals surface area (Å²) in [7, 11) is 0. The van der Waals surface area contributed by atoms with Gasteiger partial charge in [-0.25, -0.2) is 0 Å². The van der Waals surface area contributed by atoms with Crippen LogP contribution in [0.1, 0.15) is 13.3 Å². The zero-order chi connectivity index (χ0) is 9.47. The monoisotopic (exact) mass is 300 g/mol. The molecule has 0 nitrogen and oxygen atoms in total. The van der Waals surface area contributed by atoms with E-state index in [9.17, 15) is 0 Å². The number of fused-ring (bicyclic) bond motifs is 1. The molecule has 2 rings (SSSR count). The van der Waals surface area contributed by atoms with Crippen molar-refractivity contribution in [3.63, 3.8) is 0 Å². The van der Waals surface area contributed by atoms with Crippen molar-refractivity contribution in [2.45, 2.75) is 13.3 Å². The van der Waals surface area contributed by atoms with Crippen LogP contribution < -0.4 is 0 Å². The van der Waals surface area contributed by atoms with Gasteiger partial charge in [-0.1, -0.05) is 63.1 Å². The van der Waals surface area contributed by atoms with E-state index in [2.05, 4.69) is 69.2 Å². The molecule has 1 atom stereocenters. The molecule has 0 saturated heterocycles. The van der Waals surface area contributed by atoms with Crippen molar-refractivity contribution in [3.8, 4) is 0 Å². The van der Waals surface area contributed by atoms with E-state index < -0.39 is 0 Å². The van der Waals surface area contributed by atoms with Gasteiger partial charge < -0.3 is 0 Å². The van der Waals surface area contributed by atoms with Crippen LogP contribution in [0.15, 0.2) is 44.9 Å². The number of rotatable bonds is 0. The molecule has 0 aromatic heterocycles.